The van der Waals surface area contributed by atoms with Gasteiger partial charge < -0.3 is 10.1 Å². The number of benzene rings is 1. The standard InChI is InChI=1S/C18H15ClF4N4O2S/c1-9(8-29-2)24-14(28)6-5-13-15(11-4-3-10(20)7-12(11)19)25-17-27(13)26-16(30-17)18(21,22)23/h3-7,9H,8H2,1-2H3,(H,24,28)/b6-5+. The highest BCUT2D eigenvalue weighted by molar-refractivity contribution is 7.16. The number of halogens is 5. The molecule has 1 unspecified atom stereocenters. The minimum absolute atomic E-state index is 0.0182. The van der Waals surface area contributed by atoms with Crippen molar-refractivity contribution in [1.82, 2.24) is 19.9 Å². The molecule has 2 heterocycles. The number of methoxy groups -OCH3 is 1. The summed E-state index contributed by atoms with van der Waals surface area (Å²) in [4.78, 5) is 16.3. The predicted molar refractivity (Wildman–Crippen MR) is 105 cm³/mol. The van der Waals surface area contributed by atoms with E-state index in [1.54, 1.807) is 6.92 Å². The fourth-order valence-electron chi connectivity index (χ4n) is 2.65. The van der Waals surface area contributed by atoms with Gasteiger partial charge in [0.15, 0.2) is 0 Å². The van der Waals surface area contributed by atoms with Crippen LogP contribution in [0.4, 0.5) is 17.6 Å². The molecule has 2 aromatic heterocycles. The Morgan fingerprint density at radius 2 is 2.17 bits per heavy atom. The van der Waals surface area contributed by atoms with Crippen LogP contribution in [0.5, 0.6) is 0 Å². The zero-order chi connectivity index (χ0) is 22.1. The molecule has 3 rings (SSSR count). The van der Waals surface area contributed by atoms with Crippen molar-refractivity contribution in [2.24, 2.45) is 0 Å². The summed E-state index contributed by atoms with van der Waals surface area (Å²) in [6.07, 6.45) is -2.22. The fraction of sp³-hybridized carbons (Fsp3) is 0.278. The highest BCUT2D eigenvalue weighted by atomic mass is 35.5. The molecule has 0 aliphatic carbocycles. The second kappa shape index (κ2) is 8.70. The number of nitrogens with one attached hydrogen (secondary N) is 1. The predicted octanol–water partition coefficient (Wildman–Crippen LogP) is 4.43. The number of alkyl halides is 3. The number of aromatic nitrogens is 3. The van der Waals surface area contributed by atoms with Crippen LogP contribution < -0.4 is 5.32 Å². The number of hydrogen-bond donors (Lipinski definition) is 1. The summed E-state index contributed by atoms with van der Waals surface area (Å²) < 4.78 is 58.5. The van der Waals surface area contributed by atoms with Gasteiger partial charge in [0.05, 0.1) is 17.3 Å². The van der Waals surface area contributed by atoms with Crippen LogP contribution in [0.1, 0.15) is 17.6 Å². The number of rotatable bonds is 6. The first-order valence-corrected chi connectivity index (χ1v) is 9.69. The Labute approximate surface area is 177 Å². The van der Waals surface area contributed by atoms with E-state index < -0.39 is 22.9 Å². The number of hydrogen-bond acceptors (Lipinski definition) is 5. The minimum Gasteiger partial charge on any atom is -0.383 e. The molecule has 1 amide bonds. The summed E-state index contributed by atoms with van der Waals surface area (Å²) in [6, 6.07) is 3.29. The maximum Gasteiger partial charge on any atom is 0.445 e. The molecule has 0 aliphatic rings. The Hall–Kier alpha value is -2.50. The summed E-state index contributed by atoms with van der Waals surface area (Å²) in [5.74, 6) is -1.07. The van der Waals surface area contributed by atoms with E-state index in [1.807, 2.05) is 0 Å². The molecule has 0 bridgehead atoms. The number of ether oxygens (including phenoxy) is 1. The number of fused-ring (bicyclic) bond motifs is 1. The van der Waals surface area contributed by atoms with Crippen LogP contribution >= 0.6 is 22.9 Å². The Morgan fingerprint density at radius 3 is 2.80 bits per heavy atom. The molecular formula is C18H15ClF4N4O2S. The van der Waals surface area contributed by atoms with Gasteiger partial charge in [0, 0.05) is 24.8 Å². The lowest BCUT2D eigenvalue weighted by molar-refractivity contribution is -0.138. The second-order valence-electron chi connectivity index (χ2n) is 6.27. The van der Waals surface area contributed by atoms with E-state index in [1.165, 1.54) is 19.3 Å². The first-order valence-electron chi connectivity index (χ1n) is 8.50. The van der Waals surface area contributed by atoms with Gasteiger partial charge in [-0.15, -0.1) is 5.10 Å². The summed E-state index contributed by atoms with van der Waals surface area (Å²) in [5, 5.41) is 5.15. The molecule has 0 saturated heterocycles. The number of carbonyl (C=O) groups is 1. The van der Waals surface area contributed by atoms with Gasteiger partial charge in [-0.05, 0) is 31.2 Å². The van der Waals surface area contributed by atoms with Crippen molar-refractivity contribution in [2.45, 2.75) is 19.1 Å². The van der Waals surface area contributed by atoms with Crippen molar-refractivity contribution in [3.05, 3.63) is 45.8 Å². The fourth-order valence-corrected chi connectivity index (χ4v) is 3.68. The van der Waals surface area contributed by atoms with Crippen LogP contribution in [0.25, 0.3) is 22.3 Å². The molecule has 1 aromatic carbocycles. The molecule has 160 valence electrons. The molecule has 0 fully saturated rings. The van der Waals surface area contributed by atoms with Crippen LogP contribution in [-0.2, 0) is 15.7 Å². The van der Waals surface area contributed by atoms with E-state index in [9.17, 15) is 22.4 Å². The maximum atomic E-state index is 13.4. The molecule has 1 atom stereocenters. The van der Waals surface area contributed by atoms with Gasteiger partial charge in [-0.3, -0.25) is 4.79 Å². The first kappa shape index (κ1) is 22.2. The largest absolute Gasteiger partial charge is 0.445 e. The molecule has 0 aliphatic heterocycles. The van der Waals surface area contributed by atoms with Crippen molar-refractivity contribution in [2.75, 3.05) is 13.7 Å². The summed E-state index contributed by atoms with van der Waals surface area (Å²) >= 11 is 6.44. The zero-order valence-electron chi connectivity index (χ0n) is 15.6. The molecular weight excluding hydrogens is 448 g/mol. The Balaban J connectivity index is 2.07. The van der Waals surface area contributed by atoms with Crippen LogP contribution in [0.3, 0.4) is 0 Å². The van der Waals surface area contributed by atoms with E-state index in [0.717, 1.165) is 22.7 Å². The Morgan fingerprint density at radius 1 is 1.43 bits per heavy atom. The Bertz CT molecular complexity index is 1110. The lowest BCUT2D eigenvalue weighted by Gasteiger charge is -2.10. The van der Waals surface area contributed by atoms with Gasteiger partial charge in [0.25, 0.3) is 0 Å². The molecule has 30 heavy (non-hydrogen) atoms. The maximum absolute atomic E-state index is 13.4. The SMILES string of the molecule is COCC(C)NC(=O)/C=C/c1c(-c2ccc(F)cc2Cl)nc2sc(C(F)(F)F)nn12. The molecule has 0 spiro atoms. The summed E-state index contributed by atoms with van der Waals surface area (Å²) in [5.41, 5.74) is 0.554. The van der Waals surface area contributed by atoms with E-state index in [2.05, 4.69) is 15.4 Å². The smallest absolute Gasteiger partial charge is 0.383 e. The highest BCUT2D eigenvalue weighted by Crippen LogP contribution is 2.37. The molecule has 3 aromatic rings. The van der Waals surface area contributed by atoms with Gasteiger partial charge in [-0.25, -0.2) is 13.9 Å². The lowest BCUT2D eigenvalue weighted by Crippen LogP contribution is -2.34. The van der Waals surface area contributed by atoms with Gasteiger partial charge in [-0.1, -0.05) is 22.9 Å². The molecule has 1 N–H and O–H groups in total. The number of amides is 1. The van der Waals surface area contributed by atoms with Gasteiger partial charge in [0.1, 0.15) is 11.5 Å². The highest BCUT2D eigenvalue weighted by Gasteiger charge is 2.36. The van der Waals surface area contributed by atoms with Crippen molar-refractivity contribution in [3.63, 3.8) is 0 Å². The molecule has 12 heteroatoms. The van der Waals surface area contributed by atoms with Gasteiger partial charge in [-0.2, -0.15) is 13.2 Å². The molecule has 6 nitrogen and oxygen atoms in total. The molecule has 0 saturated carbocycles. The Kier molecular flexibility index (Phi) is 6.44. The lowest BCUT2D eigenvalue weighted by atomic mass is 10.1. The van der Waals surface area contributed by atoms with Crippen molar-refractivity contribution in [3.8, 4) is 11.3 Å². The second-order valence-corrected chi connectivity index (χ2v) is 7.63. The van der Waals surface area contributed by atoms with E-state index >= 15 is 0 Å². The number of nitrogens with zero attached hydrogens (tertiary/aromatic N) is 3. The van der Waals surface area contributed by atoms with E-state index in [-0.39, 0.29) is 39.6 Å². The third-order valence-corrected chi connectivity index (χ3v) is 5.13. The van der Waals surface area contributed by atoms with Crippen LogP contribution in [-0.4, -0.2) is 40.3 Å². The zero-order valence-corrected chi connectivity index (χ0v) is 17.2. The number of carbonyl (C=O) groups excluding carboxylic acids is 1. The first-order chi connectivity index (χ1) is 14.1. The van der Waals surface area contributed by atoms with Crippen molar-refractivity contribution in [1.29, 1.82) is 0 Å². The third-order valence-electron chi connectivity index (χ3n) is 3.86. The summed E-state index contributed by atoms with van der Waals surface area (Å²) in [7, 11) is 1.49. The van der Waals surface area contributed by atoms with Crippen molar-refractivity contribution < 1.29 is 27.1 Å². The monoisotopic (exact) mass is 462 g/mol. The van der Waals surface area contributed by atoms with E-state index in [0.29, 0.717) is 11.3 Å². The van der Waals surface area contributed by atoms with Gasteiger partial charge in [0.2, 0.25) is 15.9 Å². The minimum atomic E-state index is -4.65. The van der Waals surface area contributed by atoms with Crippen molar-refractivity contribution >= 4 is 39.9 Å². The topological polar surface area (TPSA) is 68.5 Å². The molecule has 0 radical (unpaired) electrons. The van der Waals surface area contributed by atoms with E-state index in [4.69, 9.17) is 16.3 Å². The van der Waals surface area contributed by atoms with Crippen LogP contribution in [0, 0.1) is 5.82 Å². The van der Waals surface area contributed by atoms with Crippen LogP contribution in [0.15, 0.2) is 24.3 Å². The third kappa shape index (κ3) is 4.79. The quantitative estimate of drug-likeness (QED) is 0.434. The average Bonchev–Trinajstić information content (AvgIpc) is 3.18. The van der Waals surface area contributed by atoms with Gasteiger partial charge >= 0.3 is 6.18 Å². The summed E-state index contributed by atoms with van der Waals surface area (Å²) in [6.45, 7) is 2.01. The normalized spacial score (nSPS) is 13.3. The average molecular weight is 463 g/mol. The number of imidazole rings is 1. The van der Waals surface area contributed by atoms with Crippen LogP contribution in [0.2, 0.25) is 5.02 Å².